The topological polar surface area (TPSA) is 66.9 Å². The lowest BCUT2D eigenvalue weighted by atomic mass is 9.99. The third-order valence-corrected chi connectivity index (χ3v) is 5.67. The van der Waals surface area contributed by atoms with Gasteiger partial charge in [0.2, 0.25) is 0 Å². The highest BCUT2D eigenvalue weighted by atomic mass is 16.1. The van der Waals surface area contributed by atoms with Gasteiger partial charge in [-0.1, -0.05) is 30.3 Å². The fraction of sp³-hybridized carbons (Fsp3) is 0.231. The van der Waals surface area contributed by atoms with E-state index in [2.05, 4.69) is 34.8 Å². The fourth-order valence-electron chi connectivity index (χ4n) is 4.06. The summed E-state index contributed by atoms with van der Waals surface area (Å²) >= 11 is 0. The first kappa shape index (κ1) is 20.7. The van der Waals surface area contributed by atoms with Crippen molar-refractivity contribution in [2.24, 2.45) is 0 Å². The van der Waals surface area contributed by atoms with E-state index in [4.69, 9.17) is 0 Å². The summed E-state index contributed by atoms with van der Waals surface area (Å²) in [5.41, 5.74) is 5.77. The van der Waals surface area contributed by atoms with Gasteiger partial charge in [-0.05, 0) is 68.7 Å². The molecule has 0 saturated carbocycles. The number of carbonyl (C=O) groups is 1. The molecular formula is C26H27N3O2. The number of benzene rings is 2. The Kier molecular flexibility index (Phi) is 5.51. The first-order chi connectivity index (χ1) is 14.8. The Morgan fingerprint density at radius 1 is 1.03 bits per heavy atom. The molecule has 0 radical (unpaired) electrons. The zero-order valence-corrected chi connectivity index (χ0v) is 18.3. The number of aryl methyl sites for hydroxylation is 2. The molecule has 1 amide bonds. The zero-order valence-electron chi connectivity index (χ0n) is 18.3. The quantitative estimate of drug-likeness (QED) is 0.477. The van der Waals surface area contributed by atoms with Crippen LogP contribution in [0.1, 0.15) is 47.1 Å². The summed E-state index contributed by atoms with van der Waals surface area (Å²) in [6.07, 6.45) is 2.02. The van der Waals surface area contributed by atoms with Crippen molar-refractivity contribution in [2.75, 3.05) is 0 Å². The number of nitrogens with one attached hydrogen (secondary N) is 2. The lowest BCUT2D eigenvalue weighted by Gasteiger charge is -2.14. The average Bonchev–Trinajstić information content (AvgIpc) is 3.17. The van der Waals surface area contributed by atoms with Gasteiger partial charge in [-0.3, -0.25) is 9.59 Å². The Balaban J connectivity index is 1.75. The summed E-state index contributed by atoms with van der Waals surface area (Å²) in [5.74, 6) is -0.191. The minimum absolute atomic E-state index is 0.160. The number of fused-ring (bicyclic) bond motifs is 1. The minimum Gasteiger partial charge on any atom is -0.348 e. The van der Waals surface area contributed by atoms with Gasteiger partial charge in [-0.25, -0.2) is 0 Å². The SMILES string of the molecule is Cc1cc(C)c(CNC(=O)c2cc(-c3ccccc3)cc3c2ccn3C(C)C)c(=O)[nH]1. The number of aromatic amines is 1. The van der Waals surface area contributed by atoms with Crippen molar-refractivity contribution in [1.29, 1.82) is 0 Å². The zero-order chi connectivity index (χ0) is 22.1. The van der Waals surface area contributed by atoms with Gasteiger partial charge in [-0.15, -0.1) is 0 Å². The molecule has 0 bridgehead atoms. The van der Waals surface area contributed by atoms with E-state index in [-0.39, 0.29) is 24.1 Å². The van der Waals surface area contributed by atoms with Crippen molar-refractivity contribution < 1.29 is 4.79 Å². The van der Waals surface area contributed by atoms with Crippen molar-refractivity contribution in [3.8, 4) is 11.1 Å². The standard InChI is InChI=1S/C26H27N3O2/c1-16(2)29-11-10-21-22(13-20(14-24(21)29)19-8-6-5-7-9-19)25(30)27-15-23-17(3)12-18(4)28-26(23)31/h5-14,16H,15H2,1-4H3,(H,27,30)(H,28,31). The number of aromatic nitrogens is 2. The molecule has 0 spiro atoms. The van der Waals surface area contributed by atoms with Crippen LogP contribution in [0.15, 0.2) is 65.6 Å². The molecule has 4 rings (SSSR count). The van der Waals surface area contributed by atoms with E-state index >= 15 is 0 Å². The average molecular weight is 414 g/mol. The van der Waals surface area contributed by atoms with Crippen molar-refractivity contribution in [3.05, 3.63) is 93.5 Å². The Morgan fingerprint density at radius 2 is 1.77 bits per heavy atom. The van der Waals surface area contributed by atoms with Gasteiger partial charge in [0.05, 0.1) is 0 Å². The van der Waals surface area contributed by atoms with Crippen molar-refractivity contribution in [3.63, 3.8) is 0 Å². The number of nitrogens with zero attached hydrogens (tertiary/aromatic N) is 1. The smallest absolute Gasteiger partial charge is 0.253 e. The Labute approximate surface area is 181 Å². The van der Waals surface area contributed by atoms with Gasteiger partial charge in [0, 0.05) is 46.5 Å². The van der Waals surface area contributed by atoms with E-state index in [9.17, 15) is 9.59 Å². The fourth-order valence-corrected chi connectivity index (χ4v) is 4.06. The molecule has 158 valence electrons. The third-order valence-electron chi connectivity index (χ3n) is 5.67. The van der Waals surface area contributed by atoms with Crippen LogP contribution in [0.3, 0.4) is 0 Å². The van der Waals surface area contributed by atoms with E-state index in [1.54, 1.807) is 0 Å². The second-order valence-electron chi connectivity index (χ2n) is 8.27. The van der Waals surface area contributed by atoms with Crippen LogP contribution in [0.5, 0.6) is 0 Å². The maximum atomic E-state index is 13.3. The van der Waals surface area contributed by atoms with Crippen LogP contribution in [0.4, 0.5) is 0 Å². The van der Waals surface area contributed by atoms with Gasteiger partial charge < -0.3 is 14.9 Å². The maximum absolute atomic E-state index is 13.3. The molecule has 0 saturated heterocycles. The van der Waals surface area contributed by atoms with Crippen LogP contribution in [0.25, 0.3) is 22.0 Å². The van der Waals surface area contributed by atoms with Crippen LogP contribution < -0.4 is 10.9 Å². The van der Waals surface area contributed by atoms with Crippen molar-refractivity contribution in [2.45, 2.75) is 40.3 Å². The molecule has 0 unspecified atom stereocenters. The highest BCUT2D eigenvalue weighted by molar-refractivity contribution is 6.08. The maximum Gasteiger partial charge on any atom is 0.253 e. The Morgan fingerprint density at radius 3 is 2.45 bits per heavy atom. The highest BCUT2D eigenvalue weighted by Crippen LogP contribution is 2.30. The molecule has 0 aliphatic rings. The molecule has 0 aliphatic heterocycles. The summed E-state index contributed by atoms with van der Waals surface area (Å²) in [4.78, 5) is 28.4. The van der Waals surface area contributed by atoms with Gasteiger partial charge in [-0.2, -0.15) is 0 Å². The molecule has 5 heteroatoms. The van der Waals surface area contributed by atoms with Crippen LogP contribution in [-0.4, -0.2) is 15.5 Å². The third kappa shape index (κ3) is 4.04. The largest absolute Gasteiger partial charge is 0.348 e. The molecule has 4 aromatic rings. The molecule has 0 atom stereocenters. The molecule has 2 heterocycles. The number of hydrogen-bond acceptors (Lipinski definition) is 2. The number of amides is 1. The summed E-state index contributed by atoms with van der Waals surface area (Å²) < 4.78 is 2.17. The molecule has 2 aromatic carbocycles. The van der Waals surface area contributed by atoms with Crippen molar-refractivity contribution >= 4 is 16.8 Å². The lowest BCUT2D eigenvalue weighted by Crippen LogP contribution is -2.28. The van der Waals surface area contributed by atoms with Crippen LogP contribution in [0.2, 0.25) is 0 Å². The predicted molar refractivity (Wildman–Crippen MR) is 125 cm³/mol. The highest BCUT2D eigenvalue weighted by Gasteiger charge is 2.17. The first-order valence-electron chi connectivity index (χ1n) is 10.5. The molecule has 31 heavy (non-hydrogen) atoms. The first-order valence-corrected chi connectivity index (χ1v) is 10.5. The van der Waals surface area contributed by atoms with E-state index in [0.717, 1.165) is 33.3 Å². The number of pyridine rings is 1. The van der Waals surface area contributed by atoms with Crippen LogP contribution in [0, 0.1) is 13.8 Å². The van der Waals surface area contributed by atoms with E-state index in [0.29, 0.717) is 11.1 Å². The van der Waals surface area contributed by atoms with E-state index in [1.807, 2.05) is 68.6 Å². The summed E-state index contributed by atoms with van der Waals surface area (Å²) in [5, 5.41) is 3.86. The number of carbonyl (C=O) groups excluding carboxylic acids is 1. The number of H-pyrrole nitrogens is 1. The van der Waals surface area contributed by atoms with Gasteiger partial charge >= 0.3 is 0 Å². The predicted octanol–water partition coefficient (Wildman–Crippen LogP) is 5.12. The van der Waals surface area contributed by atoms with Gasteiger partial charge in [0.15, 0.2) is 0 Å². The lowest BCUT2D eigenvalue weighted by molar-refractivity contribution is 0.0952. The molecular weight excluding hydrogens is 386 g/mol. The second kappa shape index (κ2) is 8.26. The van der Waals surface area contributed by atoms with Crippen molar-refractivity contribution in [1.82, 2.24) is 14.9 Å². The summed E-state index contributed by atoms with van der Waals surface area (Å²) in [6.45, 7) is 8.17. The van der Waals surface area contributed by atoms with Gasteiger partial charge in [0.1, 0.15) is 0 Å². The van der Waals surface area contributed by atoms with Gasteiger partial charge in [0.25, 0.3) is 11.5 Å². The van der Waals surface area contributed by atoms with Crippen LogP contribution in [-0.2, 0) is 6.54 Å². The Hall–Kier alpha value is -3.60. The monoisotopic (exact) mass is 413 g/mol. The van der Waals surface area contributed by atoms with Crippen LogP contribution >= 0.6 is 0 Å². The summed E-state index contributed by atoms with van der Waals surface area (Å²) in [6, 6.07) is 18.3. The Bertz CT molecular complexity index is 1310. The molecule has 2 N–H and O–H groups in total. The van der Waals surface area contributed by atoms with E-state index < -0.39 is 0 Å². The molecule has 0 aliphatic carbocycles. The number of rotatable bonds is 5. The summed E-state index contributed by atoms with van der Waals surface area (Å²) in [7, 11) is 0. The molecule has 2 aromatic heterocycles. The second-order valence-corrected chi connectivity index (χ2v) is 8.27. The molecule has 0 fully saturated rings. The molecule has 5 nitrogen and oxygen atoms in total. The number of hydrogen-bond donors (Lipinski definition) is 2. The normalized spacial score (nSPS) is 11.3. The van der Waals surface area contributed by atoms with E-state index in [1.165, 1.54) is 0 Å². The minimum atomic E-state index is -0.191.